The van der Waals surface area contributed by atoms with Crippen LogP contribution in [-0.4, -0.2) is 14.5 Å². The van der Waals surface area contributed by atoms with Crippen molar-refractivity contribution in [3.05, 3.63) is 36.4 Å². The highest BCUT2D eigenvalue weighted by Gasteiger charge is 2.17. The highest BCUT2D eigenvalue weighted by atomic mass is 32.2. The van der Waals surface area contributed by atoms with E-state index in [2.05, 4.69) is 11.3 Å². The standard InChI is InChI=1S/C13H20N2O2S/c1-4-6-10(3)15-18(16,17)12-8-7-11(5-2)13(14)9-12/h4,7-10,15H,1,5-6,14H2,2-3H3. The zero-order chi connectivity index (χ0) is 13.8. The summed E-state index contributed by atoms with van der Waals surface area (Å²) in [6.07, 6.45) is 3.05. The van der Waals surface area contributed by atoms with Crippen LogP contribution in [-0.2, 0) is 16.4 Å². The average molecular weight is 268 g/mol. The maximum Gasteiger partial charge on any atom is 0.240 e. The fraction of sp³-hybridized carbons (Fsp3) is 0.385. The fourth-order valence-electron chi connectivity index (χ4n) is 1.69. The minimum absolute atomic E-state index is 0.181. The second kappa shape index (κ2) is 6.02. The smallest absolute Gasteiger partial charge is 0.240 e. The van der Waals surface area contributed by atoms with Gasteiger partial charge in [-0.25, -0.2) is 13.1 Å². The molecule has 4 nitrogen and oxygen atoms in total. The molecule has 0 saturated carbocycles. The Morgan fingerprint density at radius 3 is 2.67 bits per heavy atom. The molecule has 0 spiro atoms. The van der Waals surface area contributed by atoms with Gasteiger partial charge in [-0.3, -0.25) is 0 Å². The lowest BCUT2D eigenvalue weighted by Crippen LogP contribution is -2.32. The van der Waals surface area contributed by atoms with Crippen molar-refractivity contribution in [2.24, 2.45) is 0 Å². The Balaban J connectivity index is 2.98. The SMILES string of the molecule is C=CCC(C)NS(=O)(=O)c1ccc(CC)c(N)c1. The largest absolute Gasteiger partial charge is 0.398 e. The first-order valence-corrected chi connectivity index (χ1v) is 7.40. The Labute approximate surface area is 109 Å². The van der Waals surface area contributed by atoms with Crippen molar-refractivity contribution in [3.63, 3.8) is 0 Å². The highest BCUT2D eigenvalue weighted by molar-refractivity contribution is 7.89. The van der Waals surface area contributed by atoms with Gasteiger partial charge in [0, 0.05) is 11.7 Å². The van der Waals surface area contributed by atoms with Gasteiger partial charge in [-0.05, 0) is 37.5 Å². The third kappa shape index (κ3) is 3.58. The molecule has 1 rings (SSSR count). The van der Waals surface area contributed by atoms with Crippen molar-refractivity contribution in [2.45, 2.75) is 37.6 Å². The van der Waals surface area contributed by atoms with Crippen LogP contribution in [0.15, 0.2) is 35.7 Å². The molecule has 1 aromatic rings. The third-order valence-corrected chi connectivity index (χ3v) is 4.27. The number of aryl methyl sites for hydroxylation is 1. The van der Waals surface area contributed by atoms with Crippen molar-refractivity contribution in [2.75, 3.05) is 5.73 Å². The number of nitrogen functional groups attached to an aromatic ring is 1. The van der Waals surface area contributed by atoms with Gasteiger partial charge in [0.1, 0.15) is 0 Å². The summed E-state index contributed by atoms with van der Waals surface area (Å²) in [4.78, 5) is 0.202. The molecule has 0 saturated heterocycles. The van der Waals surface area contributed by atoms with Gasteiger partial charge in [0.25, 0.3) is 0 Å². The maximum absolute atomic E-state index is 12.1. The first kappa shape index (κ1) is 14.7. The average Bonchev–Trinajstić information content (AvgIpc) is 2.28. The van der Waals surface area contributed by atoms with Crippen molar-refractivity contribution in [1.82, 2.24) is 4.72 Å². The zero-order valence-electron chi connectivity index (χ0n) is 10.8. The molecule has 1 unspecified atom stereocenters. The second-order valence-electron chi connectivity index (χ2n) is 4.26. The first-order chi connectivity index (χ1) is 8.40. The summed E-state index contributed by atoms with van der Waals surface area (Å²) in [6.45, 7) is 7.36. The predicted octanol–water partition coefficient (Wildman–Crippen LogP) is 2.07. The lowest BCUT2D eigenvalue weighted by atomic mass is 10.1. The highest BCUT2D eigenvalue weighted by Crippen LogP contribution is 2.18. The second-order valence-corrected chi connectivity index (χ2v) is 5.97. The molecule has 0 aromatic heterocycles. The summed E-state index contributed by atoms with van der Waals surface area (Å²) in [5.41, 5.74) is 7.27. The van der Waals surface area contributed by atoms with Gasteiger partial charge < -0.3 is 5.73 Å². The Morgan fingerprint density at radius 2 is 2.17 bits per heavy atom. The molecule has 0 aliphatic heterocycles. The minimum Gasteiger partial charge on any atom is -0.398 e. The molecule has 100 valence electrons. The predicted molar refractivity (Wildman–Crippen MR) is 74.8 cm³/mol. The van der Waals surface area contributed by atoms with E-state index < -0.39 is 10.0 Å². The fourth-order valence-corrected chi connectivity index (χ4v) is 2.98. The maximum atomic E-state index is 12.1. The summed E-state index contributed by atoms with van der Waals surface area (Å²) in [5.74, 6) is 0. The quantitative estimate of drug-likeness (QED) is 0.613. The molecule has 18 heavy (non-hydrogen) atoms. The van der Waals surface area contributed by atoms with E-state index in [9.17, 15) is 8.42 Å². The normalized spacial score (nSPS) is 13.2. The Hall–Kier alpha value is -1.33. The zero-order valence-corrected chi connectivity index (χ0v) is 11.6. The number of hydrogen-bond donors (Lipinski definition) is 2. The molecule has 0 aliphatic rings. The summed E-state index contributed by atoms with van der Waals surface area (Å²) in [7, 11) is -3.51. The number of anilines is 1. The van der Waals surface area contributed by atoms with E-state index in [0.717, 1.165) is 12.0 Å². The number of rotatable bonds is 6. The number of hydrogen-bond acceptors (Lipinski definition) is 3. The van der Waals surface area contributed by atoms with Gasteiger partial charge in [-0.15, -0.1) is 6.58 Å². The van der Waals surface area contributed by atoms with Crippen LogP contribution in [0.4, 0.5) is 5.69 Å². The van der Waals surface area contributed by atoms with E-state index in [-0.39, 0.29) is 10.9 Å². The molecule has 0 radical (unpaired) electrons. The van der Waals surface area contributed by atoms with Crippen molar-refractivity contribution in [3.8, 4) is 0 Å². The van der Waals surface area contributed by atoms with Crippen molar-refractivity contribution < 1.29 is 8.42 Å². The van der Waals surface area contributed by atoms with Gasteiger partial charge in [-0.1, -0.05) is 19.1 Å². The molecule has 1 atom stereocenters. The van der Waals surface area contributed by atoms with E-state index in [1.807, 2.05) is 6.92 Å². The van der Waals surface area contributed by atoms with Crippen LogP contribution < -0.4 is 10.5 Å². The summed E-state index contributed by atoms with van der Waals surface area (Å²) >= 11 is 0. The van der Waals surface area contributed by atoms with E-state index in [1.54, 1.807) is 25.1 Å². The summed E-state index contributed by atoms with van der Waals surface area (Å²) in [5, 5.41) is 0. The Kier molecular flexibility index (Phi) is 4.93. The molecule has 0 bridgehead atoms. The van der Waals surface area contributed by atoms with Crippen molar-refractivity contribution in [1.29, 1.82) is 0 Å². The molecule has 0 amide bonds. The van der Waals surface area contributed by atoms with Crippen LogP contribution in [0.1, 0.15) is 25.8 Å². The molecular weight excluding hydrogens is 248 g/mol. The Bertz CT molecular complexity index is 524. The lowest BCUT2D eigenvalue weighted by molar-refractivity contribution is 0.562. The van der Waals surface area contributed by atoms with Crippen LogP contribution >= 0.6 is 0 Å². The summed E-state index contributed by atoms with van der Waals surface area (Å²) in [6, 6.07) is 4.65. The number of benzene rings is 1. The monoisotopic (exact) mass is 268 g/mol. The van der Waals surface area contributed by atoms with Crippen LogP contribution in [0.3, 0.4) is 0 Å². The van der Waals surface area contributed by atoms with Gasteiger partial charge >= 0.3 is 0 Å². The Morgan fingerprint density at radius 1 is 1.50 bits per heavy atom. The van der Waals surface area contributed by atoms with Crippen LogP contribution in [0.5, 0.6) is 0 Å². The first-order valence-electron chi connectivity index (χ1n) is 5.92. The number of nitrogens with two attached hydrogens (primary N) is 1. The van der Waals surface area contributed by atoms with Gasteiger partial charge in [0.15, 0.2) is 0 Å². The number of sulfonamides is 1. The molecule has 0 aliphatic carbocycles. The van der Waals surface area contributed by atoms with Crippen LogP contribution in [0.2, 0.25) is 0 Å². The van der Waals surface area contributed by atoms with Gasteiger partial charge in [0.05, 0.1) is 4.90 Å². The third-order valence-electron chi connectivity index (χ3n) is 2.69. The minimum atomic E-state index is -3.51. The lowest BCUT2D eigenvalue weighted by Gasteiger charge is -2.13. The van der Waals surface area contributed by atoms with Crippen molar-refractivity contribution >= 4 is 15.7 Å². The van der Waals surface area contributed by atoms with Gasteiger partial charge in [-0.2, -0.15) is 0 Å². The van der Waals surface area contributed by atoms with E-state index in [4.69, 9.17) is 5.73 Å². The van der Waals surface area contributed by atoms with Gasteiger partial charge in [0.2, 0.25) is 10.0 Å². The summed E-state index contributed by atoms with van der Waals surface area (Å²) < 4.78 is 26.7. The van der Waals surface area contributed by atoms with Crippen LogP contribution in [0, 0.1) is 0 Å². The van der Waals surface area contributed by atoms with Crippen LogP contribution in [0.25, 0.3) is 0 Å². The molecule has 0 heterocycles. The molecular formula is C13H20N2O2S. The molecule has 0 fully saturated rings. The topological polar surface area (TPSA) is 72.2 Å². The van der Waals surface area contributed by atoms with E-state index >= 15 is 0 Å². The van der Waals surface area contributed by atoms with E-state index in [1.165, 1.54) is 6.07 Å². The molecule has 3 N–H and O–H groups in total. The molecule has 1 aromatic carbocycles. The number of nitrogens with one attached hydrogen (secondary N) is 1. The molecule has 5 heteroatoms. The van der Waals surface area contributed by atoms with E-state index in [0.29, 0.717) is 12.1 Å².